The Labute approximate surface area is 117 Å². The van der Waals surface area contributed by atoms with Crippen LogP contribution in [0.2, 0.25) is 0 Å². The molecule has 0 aromatic heterocycles. The largest absolute Gasteiger partial charge is 0.493 e. The summed E-state index contributed by atoms with van der Waals surface area (Å²) in [4.78, 5) is 0. The third-order valence-corrected chi connectivity index (χ3v) is 3.56. The van der Waals surface area contributed by atoms with E-state index in [1.54, 1.807) is 0 Å². The molecule has 0 bridgehead atoms. The van der Waals surface area contributed by atoms with Gasteiger partial charge in [0.1, 0.15) is 5.75 Å². The van der Waals surface area contributed by atoms with Gasteiger partial charge >= 0.3 is 0 Å². The van der Waals surface area contributed by atoms with Gasteiger partial charge < -0.3 is 10.1 Å². The highest BCUT2D eigenvalue weighted by molar-refractivity contribution is 5.36. The van der Waals surface area contributed by atoms with E-state index in [2.05, 4.69) is 44.3 Å². The number of rotatable bonds is 8. The molecule has 0 amide bonds. The van der Waals surface area contributed by atoms with Crippen LogP contribution in [0.15, 0.2) is 18.2 Å². The maximum atomic E-state index is 5.96. The molecule has 1 aromatic carbocycles. The predicted octanol–water partition coefficient (Wildman–Crippen LogP) is 3.92. The van der Waals surface area contributed by atoms with Gasteiger partial charge in [-0.2, -0.15) is 0 Å². The van der Waals surface area contributed by atoms with Crippen LogP contribution in [0.3, 0.4) is 0 Å². The van der Waals surface area contributed by atoms with Crippen LogP contribution >= 0.6 is 0 Å². The van der Waals surface area contributed by atoms with Crippen LogP contribution in [-0.2, 0) is 6.54 Å². The number of ether oxygens (including phenoxy) is 1. The second-order valence-electron chi connectivity index (χ2n) is 6.22. The first kappa shape index (κ1) is 14.4. The Morgan fingerprint density at radius 1 is 1.32 bits per heavy atom. The van der Waals surface area contributed by atoms with E-state index < -0.39 is 0 Å². The fraction of sp³-hybridized carbons (Fsp3) is 0.647. The van der Waals surface area contributed by atoms with Crippen LogP contribution in [0.4, 0.5) is 0 Å². The average Bonchev–Trinajstić information content (AvgIpc) is 3.15. The zero-order chi connectivity index (χ0) is 13.7. The second kappa shape index (κ2) is 6.95. The van der Waals surface area contributed by atoms with E-state index in [0.717, 1.165) is 31.4 Å². The lowest BCUT2D eigenvalue weighted by molar-refractivity contribution is 0.298. The van der Waals surface area contributed by atoms with Crippen LogP contribution in [-0.4, -0.2) is 13.2 Å². The lowest BCUT2D eigenvalue weighted by Gasteiger charge is -2.14. The molecule has 1 saturated carbocycles. The van der Waals surface area contributed by atoms with Gasteiger partial charge in [0, 0.05) is 12.1 Å². The molecule has 2 heteroatoms. The van der Waals surface area contributed by atoms with E-state index in [0.29, 0.717) is 5.92 Å². The number of hydrogen-bond acceptors (Lipinski definition) is 2. The number of hydrogen-bond donors (Lipinski definition) is 1. The maximum Gasteiger partial charge on any atom is 0.123 e. The summed E-state index contributed by atoms with van der Waals surface area (Å²) >= 11 is 0. The van der Waals surface area contributed by atoms with Gasteiger partial charge in [0.05, 0.1) is 6.61 Å². The minimum Gasteiger partial charge on any atom is -0.493 e. The van der Waals surface area contributed by atoms with E-state index in [4.69, 9.17) is 4.74 Å². The van der Waals surface area contributed by atoms with Crippen molar-refractivity contribution in [2.75, 3.05) is 13.2 Å². The Morgan fingerprint density at radius 2 is 2.11 bits per heavy atom. The molecule has 0 unspecified atom stereocenters. The summed E-state index contributed by atoms with van der Waals surface area (Å²) in [5, 5.41) is 3.50. The highest BCUT2D eigenvalue weighted by atomic mass is 16.5. The molecule has 1 aliphatic rings. The van der Waals surface area contributed by atoms with Gasteiger partial charge in [-0.3, -0.25) is 0 Å². The molecule has 1 N–H and O–H groups in total. The zero-order valence-electron chi connectivity index (χ0n) is 12.5. The lowest BCUT2D eigenvalue weighted by Crippen LogP contribution is -2.19. The summed E-state index contributed by atoms with van der Waals surface area (Å²) in [5.74, 6) is 2.68. The van der Waals surface area contributed by atoms with Crippen molar-refractivity contribution in [2.45, 2.75) is 46.6 Å². The summed E-state index contributed by atoms with van der Waals surface area (Å²) in [6, 6.07) is 6.49. The van der Waals surface area contributed by atoms with Gasteiger partial charge in [0.25, 0.3) is 0 Å². The van der Waals surface area contributed by atoms with Crippen molar-refractivity contribution in [3.05, 3.63) is 29.3 Å². The van der Waals surface area contributed by atoms with Crippen molar-refractivity contribution >= 4 is 0 Å². The molecule has 1 aromatic rings. The van der Waals surface area contributed by atoms with Crippen LogP contribution in [0.5, 0.6) is 5.75 Å². The Kier molecular flexibility index (Phi) is 5.26. The average molecular weight is 261 g/mol. The van der Waals surface area contributed by atoms with Gasteiger partial charge in [0.15, 0.2) is 0 Å². The maximum absolute atomic E-state index is 5.96. The SMILES string of the molecule is Cc1ccc(OCCC2CC2)c(CNCC(C)C)c1. The molecule has 1 fully saturated rings. The zero-order valence-corrected chi connectivity index (χ0v) is 12.5. The Balaban J connectivity index is 1.87. The quantitative estimate of drug-likeness (QED) is 0.766. The van der Waals surface area contributed by atoms with Gasteiger partial charge in [-0.1, -0.05) is 44.4 Å². The summed E-state index contributed by atoms with van der Waals surface area (Å²) in [5.41, 5.74) is 2.59. The number of benzene rings is 1. The molecular weight excluding hydrogens is 234 g/mol. The van der Waals surface area contributed by atoms with E-state index in [1.807, 2.05) is 0 Å². The van der Waals surface area contributed by atoms with Crippen molar-refractivity contribution < 1.29 is 4.74 Å². The predicted molar refractivity (Wildman–Crippen MR) is 80.6 cm³/mol. The smallest absolute Gasteiger partial charge is 0.123 e. The van der Waals surface area contributed by atoms with Gasteiger partial charge in [-0.25, -0.2) is 0 Å². The van der Waals surface area contributed by atoms with Crippen molar-refractivity contribution in [3.63, 3.8) is 0 Å². The van der Waals surface area contributed by atoms with Crippen molar-refractivity contribution in [2.24, 2.45) is 11.8 Å². The fourth-order valence-corrected chi connectivity index (χ4v) is 2.22. The monoisotopic (exact) mass is 261 g/mol. The molecule has 0 atom stereocenters. The van der Waals surface area contributed by atoms with E-state index in [-0.39, 0.29) is 0 Å². The Hall–Kier alpha value is -1.02. The molecule has 2 nitrogen and oxygen atoms in total. The number of aryl methyl sites for hydroxylation is 1. The molecule has 0 saturated heterocycles. The van der Waals surface area contributed by atoms with Crippen molar-refractivity contribution in [1.82, 2.24) is 5.32 Å². The fourth-order valence-electron chi connectivity index (χ4n) is 2.22. The Bertz CT molecular complexity index is 396. The molecule has 106 valence electrons. The highest BCUT2D eigenvalue weighted by Gasteiger charge is 2.20. The molecule has 0 radical (unpaired) electrons. The first-order valence-corrected chi connectivity index (χ1v) is 7.58. The molecule has 2 rings (SSSR count). The molecule has 1 aliphatic carbocycles. The topological polar surface area (TPSA) is 21.3 Å². The second-order valence-corrected chi connectivity index (χ2v) is 6.22. The summed E-state index contributed by atoms with van der Waals surface area (Å²) in [7, 11) is 0. The van der Waals surface area contributed by atoms with Crippen molar-refractivity contribution in [1.29, 1.82) is 0 Å². The van der Waals surface area contributed by atoms with Crippen LogP contribution in [0.1, 0.15) is 44.2 Å². The lowest BCUT2D eigenvalue weighted by atomic mass is 10.1. The summed E-state index contributed by atoms with van der Waals surface area (Å²) in [6.45, 7) is 9.42. The van der Waals surface area contributed by atoms with Crippen LogP contribution in [0, 0.1) is 18.8 Å². The summed E-state index contributed by atoms with van der Waals surface area (Å²) in [6.07, 6.45) is 4.02. The first-order chi connectivity index (χ1) is 9.15. The third kappa shape index (κ3) is 5.23. The van der Waals surface area contributed by atoms with Crippen LogP contribution < -0.4 is 10.1 Å². The van der Waals surface area contributed by atoms with E-state index in [1.165, 1.54) is 30.4 Å². The third-order valence-electron chi connectivity index (χ3n) is 3.56. The van der Waals surface area contributed by atoms with E-state index >= 15 is 0 Å². The molecule has 0 spiro atoms. The standard InChI is InChI=1S/C17H27NO/c1-13(2)11-18-12-16-10-14(3)4-7-17(16)19-9-8-15-5-6-15/h4,7,10,13,15,18H,5-6,8-9,11-12H2,1-3H3. The summed E-state index contributed by atoms with van der Waals surface area (Å²) < 4.78 is 5.96. The Morgan fingerprint density at radius 3 is 2.79 bits per heavy atom. The van der Waals surface area contributed by atoms with E-state index in [9.17, 15) is 0 Å². The van der Waals surface area contributed by atoms with Gasteiger partial charge in [-0.05, 0) is 37.8 Å². The molecule has 0 aliphatic heterocycles. The minimum atomic E-state index is 0.684. The van der Waals surface area contributed by atoms with Crippen molar-refractivity contribution in [3.8, 4) is 5.75 Å². The van der Waals surface area contributed by atoms with Crippen LogP contribution in [0.25, 0.3) is 0 Å². The highest BCUT2D eigenvalue weighted by Crippen LogP contribution is 2.32. The number of nitrogens with one attached hydrogen (secondary N) is 1. The minimum absolute atomic E-state index is 0.684. The molecular formula is C17H27NO. The molecule has 19 heavy (non-hydrogen) atoms. The van der Waals surface area contributed by atoms with Gasteiger partial charge in [-0.15, -0.1) is 0 Å². The molecule has 0 heterocycles. The van der Waals surface area contributed by atoms with Gasteiger partial charge in [0.2, 0.25) is 0 Å². The first-order valence-electron chi connectivity index (χ1n) is 7.58. The normalized spacial score (nSPS) is 14.9.